The number of hydrogen-bond donors (Lipinski definition) is 2. The van der Waals surface area contributed by atoms with Crippen molar-refractivity contribution in [2.45, 2.75) is 39.2 Å². The van der Waals surface area contributed by atoms with Crippen LogP contribution in [-0.2, 0) is 14.9 Å². The molecule has 0 aliphatic heterocycles. The number of carbonyl (C=O) groups is 2. The number of aromatic amines is 1. The van der Waals surface area contributed by atoms with E-state index in [9.17, 15) is 9.59 Å². The molecular formula is C18H23N3O4. The van der Waals surface area contributed by atoms with Crippen LogP contribution in [0.4, 0.5) is 5.82 Å². The third-order valence-corrected chi connectivity index (χ3v) is 3.67. The maximum absolute atomic E-state index is 12.3. The average Bonchev–Trinajstić information content (AvgIpc) is 3.01. The second kappa shape index (κ2) is 7.38. The number of hydrogen-bond acceptors (Lipinski definition) is 5. The fourth-order valence-corrected chi connectivity index (χ4v) is 2.16. The summed E-state index contributed by atoms with van der Waals surface area (Å²) in [6, 6.07) is 7.61. The lowest BCUT2D eigenvalue weighted by molar-refractivity contribution is -0.122. The molecule has 2 rings (SSSR count). The minimum absolute atomic E-state index is 0.0474. The topological polar surface area (TPSA) is 93.3 Å². The minimum atomic E-state index is -0.761. The summed E-state index contributed by atoms with van der Waals surface area (Å²) >= 11 is 0. The highest BCUT2D eigenvalue weighted by Gasteiger charge is 2.21. The van der Waals surface area contributed by atoms with E-state index in [1.807, 2.05) is 24.3 Å². The first kappa shape index (κ1) is 18.5. The average molecular weight is 345 g/mol. The summed E-state index contributed by atoms with van der Waals surface area (Å²) in [6.45, 7) is 8.00. The molecule has 1 aromatic heterocycles. The molecule has 0 saturated heterocycles. The maximum Gasteiger partial charge on any atom is 0.358 e. The largest absolute Gasteiger partial charge is 0.481 e. The molecule has 0 aliphatic carbocycles. The van der Waals surface area contributed by atoms with Gasteiger partial charge in [-0.3, -0.25) is 4.79 Å². The van der Waals surface area contributed by atoms with Gasteiger partial charge in [0.1, 0.15) is 5.75 Å². The van der Waals surface area contributed by atoms with Crippen molar-refractivity contribution in [3.05, 3.63) is 41.9 Å². The molecule has 2 aromatic rings. The highest BCUT2D eigenvalue weighted by Crippen LogP contribution is 2.24. The number of methoxy groups -OCH3 is 1. The van der Waals surface area contributed by atoms with Gasteiger partial charge < -0.3 is 19.8 Å². The number of nitrogens with one attached hydrogen (secondary N) is 2. The molecule has 1 heterocycles. The van der Waals surface area contributed by atoms with Crippen molar-refractivity contribution < 1.29 is 19.1 Å². The third-order valence-electron chi connectivity index (χ3n) is 3.67. The van der Waals surface area contributed by atoms with Gasteiger partial charge in [0.05, 0.1) is 13.4 Å². The van der Waals surface area contributed by atoms with Crippen LogP contribution in [0.15, 0.2) is 30.6 Å². The number of amides is 1. The molecule has 2 N–H and O–H groups in total. The van der Waals surface area contributed by atoms with Gasteiger partial charge in [0, 0.05) is 0 Å². The highest BCUT2D eigenvalue weighted by atomic mass is 16.5. The predicted molar refractivity (Wildman–Crippen MR) is 93.8 cm³/mol. The molecular weight excluding hydrogens is 322 g/mol. The van der Waals surface area contributed by atoms with E-state index in [0.29, 0.717) is 5.75 Å². The van der Waals surface area contributed by atoms with Crippen molar-refractivity contribution in [3.8, 4) is 5.75 Å². The molecule has 1 atom stereocenters. The first-order valence-electron chi connectivity index (χ1n) is 7.92. The first-order valence-corrected chi connectivity index (χ1v) is 7.92. The molecule has 0 radical (unpaired) electrons. The summed E-state index contributed by atoms with van der Waals surface area (Å²) in [4.78, 5) is 30.4. The van der Waals surface area contributed by atoms with E-state index < -0.39 is 18.0 Å². The summed E-state index contributed by atoms with van der Waals surface area (Å²) in [5.41, 5.74) is 1.31. The Kier molecular flexibility index (Phi) is 5.46. The number of nitrogens with zero attached hydrogens (tertiary/aromatic N) is 1. The number of esters is 1. The molecule has 7 heteroatoms. The summed E-state index contributed by atoms with van der Waals surface area (Å²) in [7, 11) is 1.25. The van der Waals surface area contributed by atoms with Crippen molar-refractivity contribution >= 4 is 17.7 Å². The van der Waals surface area contributed by atoms with Gasteiger partial charge >= 0.3 is 5.97 Å². The zero-order valence-electron chi connectivity index (χ0n) is 15.0. The van der Waals surface area contributed by atoms with E-state index in [4.69, 9.17) is 4.74 Å². The summed E-state index contributed by atoms with van der Waals surface area (Å²) in [5.74, 6) is -0.336. The normalized spacial score (nSPS) is 12.4. The van der Waals surface area contributed by atoms with Crippen molar-refractivity contribution in [2.24, 2.45) is 0 Å². The molecule has 1 unspecified atom stereocenters. The lowest BCUT2D eigenvalue weighted by atomic mass is 9.87. The van der Waals surface area contributed by atoms with Gasteiger partial charge in [-0.25, -0.2) is 9.78 Å². The molecule has 1 amide bonds. The SMILES string of the molecule is COC(=O)c1[nH]cnc1NC(=O)C(C)Oc1ccc(C(C)(C)C)cc1. The number of aromatic nitrogens is 2. The number of ether oxygens (including phenoxy) is 2. The number of imidazole rings is 1. The Balaban J connectivity index is 2.01. The van der Waals surface area contributed by atoms with Crippen molar-refractivity contribution in [2.75, 3.05) is 12.4 Å². The Morgan fingerprint density at radius 3 is 2.40 bits per heavy atom. The first-order chi connectivity index (χ1) is 11.7. The number of anilines is 1. The van der Waals surface area contributed by atoms with Gasteiger partial charge in [-0.2, -0.15) is 0 Å². The number of carbonyl (C=O) groups excluding carboxylic acids is 2. The quantitative estimate of drug-likeness (QED) is 0.813. The zero-order chi connectivity index (χ0) is 18.6. The van der Waals surface area contributed by atoms with Gasteiger partial charge in [0.25, 0.3) is 5.91 Å². The minimum Gasteiger partial charge on any atom is -0.481 e. The molecule has 0 fully saturated rings. The van der Waals surface area contributed by atoms with Crippen molar-refractivity contribution in [3.63, 3.8) is 0 Å². The van der Waals surface area contributed by atoms with Crippen LogP contribution in [0, 0.1) is 0 Å². The summed E-state index contributed by atoms with van der Waals surface area (Å²) in [5, 5.41) is 2.55. The monoisotopic (exact) mass is 345 g/mol. The molecule has 1 aromatic carbocycles. The van der Waals surface area contributed by atoms with Crippen LogP contribution in [0.3, 0.4) is 0 Å². The predicted octanol–water partition coefficient (Wildman–Crippen LogP) is 2.90. The number of rotatable bonds is 5. The highest BCUT2D eigenvalue weighted by molar-refractivity contribution is 6.00. The molecule has 0 aliphatic rings. The van der Waals surface area contributed by atoms with Crippen LogP contribution in [0.5, 0.6) is 5.75 Å². The van der Waals surface area contributed by atoms with Crippen molar-refractivity contribution in [1.82, 2.24) is 9.97 Å². The smallest absolute Gasteiger partial charge is 0.358 e. The second-order valence-electron chi connectivity index (χ2n) is 6.64. The Bertz CT molecular complexity index is 744. The van der Waals surface area contributed by atoms with Gasteiger partial charge in [0.2, 0.25) is 0 Å². The van der Waals surface area contributed by atoms with E-state index >= 15 is 0 Å². The van der Waals surface area contributed by atoms with E-state index in [-0.39, 0.29) is 16.9 Å². The number of H-pyrrole nitrogens is 1. The molecule has 0 saturated carbocycles. The fourth-order valence-electron chi connectivity index (χ4n) is 2.16. The third kappa shape index (κ3) is 4.59. The Morgan fingerprint density at radius 2 is 1.84 bits per heavy atom. The van der Waals surface area contributed by atoms with Crippen LogP contribution < -0.4 is 10.1 Å². The van der Waals surface area contributed by atoms with Crippen LogP contribution >= 0.6 is 0 Å². The Hall–Kier alpha value is -2.83. The summed E-state index contributed by atoms with van der Waals surface area (Å²) < 4.78 is 10.3. The molecule has 0 spiro atoms. The maximum atomic E-state index is 12.3. The summed E-state index contributed by atoms with van der Waals surface area (Å²) in [6.07, 6.45) is 0.543. The van der Waals surface area contributed by atoms with E-state index in [0.717, 1.165) is 0 Å². The fraction of sp³-hybridized carbons (Fsp3) is 0.389. The van der Waals surface area contributed by atoms with Gasteiger partial charge in [-0.05, 0) is 30.0 Å². The van der Waals surface area contributed by atoms with Crippen LogP contribution in [-0.4, -0.2) is 35.1 Å². The van der Waals surface area contributed by atoms with Crippen LogP contribution in [0.1, 0.15) is 43.7 Å². The zero-order valence-corrected chi connectivity index (χ0v) is 15.0. The van der Waals surface area contributed by atoms with E-state index in [2.05, 4.69) is 40.8 Å². The lowest BCUT2D eigenvalue weighted by Crippen LogP contribution is -2.31. The molecule has 134 valence electrons. The Labute approximate surface area is 146 Å². The molecule has 25 heavy (non-hydrogen) atoms. The standard InChI is InChI=1S/C18H23N3O4/c1-11(25-13-8-6-12(7-9-13)18(2,3)4)16(22)21-15-14(17(23)24-5)19-10-20-15/h6-11H,1-5H3,(H,19,20)(H,21,22). The Morgan fingerprint density at radius 1 is 1.20 bits per heavy atom. The van der Waals surface area contributed by atoms with Crippen molar-refractivity contribution in [1.29, 1.82) is 0 Å². The van der Waals surface area contributed by atoms with Gasteiger partial charge in [-0.15, -0.1) is 0 Å². The van der Waals surface area contributed by atoms with E-state index in [1.54, 1.807) is 6.92 Å². The van der Waals surface area contributed by atoms with E-state index in [1.165, 1.54) is 19.0 Å². The number of benzene rings is 1. The van der Waals surface area contributed by atoms with Crippen LogP contribution in [0.2, 0.25) is 0 Å². The van der Waals surface area contributed by atoms with Gasteiger partial charge in [-0.1, -0.05) is 32.9 Å². The lowest BCUT2D eigenvalue weighted by Gasteiger charge is -2.20. The molecule has 7 nitrogen and oxygen atoms in total. The van der Waals surface area contributed by atoms with Gasteiger partial charge in [0.15, 0.2) is 17.6 Å². The second-order valence-corrected chi connectivity index (χ2v) is 6.64. The molecule has 0 bridgehead atoms. The van der Waals surface area contributed by atoms with Crippen LogP contribution in [0.25, 0.3) is 0 Å².